The van der Waals surface area contributed by atoms with Crippen molar-refractivity contribution in [1.29, 1.82) is 0 Å². The lowest BCUT2D eigenvalue weighted by atomic mass is 10.0. The van der Waals surface area contributed by atoms with Gasteiger partial charge in [-0.2, -0.15) is 0 Å². The third kappa shape index (κ3) is 3.98. The molecule has 104 valence electrons. The Morgan fingerprint density at radius 1 is 1.44 bits per heavy atom. The maximum absolute atomic E-state index is 11.9. The van der Waals surface area contributed by atoms with Gasteiger partial charge < -0.3 is 15.3 Å². The first-order valence-electron chi connectivity index (χ1n) is 6.72. The number of likely N-dealkylation sites (tertiary alicyclic amines) is 1. The molecule has 18 heavy (non-hydrogen) atoms. The van der Waals surface area contributed by atoms with E-state index in [1.807, 2.05) is 0 Å². The van der Waals surface area contributed by atoms with Crippen LogP contribution in [0.4, 0.5) is 0 Å². The summed E-state index contributed by atoms with van der Waals surface area (Å²) in [4.78, 5) is 25.2. The highest BCUT2D eigenvalue weighted by molar-refractivity contribution is 5.84. The zero-order valence-electron chi connectivity index (χ0n) is 11.5. The molecule has 0 aromatic rings. The summed E-state index contributed by atoms with van der Waals surface area (Å²) in [6.45, 7) is 7.68. The predicted octanol–water partition coefficient (Wildman–Crippen LogP) is 1.09. The van der Waals surface area contributed by atoms with Crippen LogP contribution in [0.3, 0.4) is 0 Å². The molecular weight excluding hydrogens is 232 g/mol. The quantitative estimate of drug-likeness (QED) is 0.746. The van der Waals surface area contributed by atoms with Crippen LogP contribution in [0.5, 0.6) is 0 Å². The summed E-state index contributed by atoms with van der Waals surface area (Å²) in [6.07, 6.45) is 2.56. The molecule has 1 fully saturated rings. The molecule has 1 aliphatic rings. The first-order valence-corrected chi connectivity index (χ1v) is 6.72. The largest absolute Gasteiger partial charge is 0.480 e. The number of rotatable bonds is 6. The van der Waals surface area contributed by atoms with Crippen LogP contribution in [0.25, 0.3) is 0 Å². The van der Waals surface area contributed by atoms with E-state index in [1.54, 1.807) is 13.8 Å². The second-order valence-corrected chi connectivity index (χ2v) is 5.26. The van der Waals surface area contributed by atoms with Gasteiger partial charge in [0.1, 0.15) is 6.04 Å². The zero-order valence-corrected chi connectivity index (χ0v) is 11.5. The minimum absolute atomic E-state index is 0.0997. The Morgan fingerprint density at radius 2 is 2.11 bits per heavy atom. The molecule has 1 heterocycles. The van der Waals surface area contributed by atoms with Crippen LogP contribution in [0.2, 0.25) is 0 Å². The second kappa shape index (κ2) is 6.73. The highest BCUT2D eigenvalue weighted by Gasteiger charge is 2.28. The number of aliphatic carboxylic acids is 1. The van der Waals surface area contributed by atoms with E-state index in [2.05, 4.69) is 17.1 Å². The highest BCUT2D eigenvalue weighted by atomic mass is 16.4. The van der Waals surface area contributed by atoms with E-state index in [-0.39, 0.29) is 17.9 Å². The number of carbonyl (C=O) groups excluding carboxylic acids is 1. The fourth-order valence-electron chi connectivity index (χ4n) is 2.50. The lowest BCUT2D eigenvalue weighted by Crippen LogP contribution is -2.46. The predicted molar refractivity (Wildman–Crippen MR) is 69.3 cm³/mol. The van der Waals surface area contributed by atoms with Gasteiger partial charge in [-0.1, -0.05) is 20.8 Å². The molecule has 0 aromatic heterocycles. The Balaban J connectivity index is 2.47. The minimum Gasteiger partial charge on any atom is -0.480 e. The van der Waals surface area contributed by atoms with Crippen LogP contribution < -0.4 is 5.32 Å². The molecule has 0 spiro atoms. The third-order valence-electron chi connectivity index (χ3n) is 3.58. The van der Waals surface area contributed by atoms with Crippen molar-refractivity contribution in [3.63, 3.8) is 0 Å². The van der Waals surface area contributed by atoms with Gasteiger partial charge in [0, 0.05) is 12.5 Å². The Hall–Kier alpha value is -1.10. The van der Waals surface area contributed by atoms with Gasteiger partial charge in [-0.05, 0) is 31.8 Å². The van der Waals surface area contributed by atoms with E-state index < -0.39 is 12.0 Å². The van der Waals surface area contributed by atoms with E-state index in [9.17, 15) is 9.59 Å². The summed E-state index contributed by atoms with van der Waals surface area (Å²) in [6, 6.07) is -0.509. The van der Waals surface area contributed by atoms with Crippen LogP contribution in [0.15, 0.2) is 0 Å². The van der Waals surface area contributed by atoms with Crippen molar-refractivity contribution in [1.82, 2.24) is 10.2 Å². The molecule has 2 atom stereocenters. The molecule has 1 aliphatic heterocycles. The molecule has 2 N–H and O–H groups in total. The second-order valence-electron chi connectivity index (χ2n) is 5.26. The van der Waals surface area contributed by atoms with Crippen molar-refractivity contribution in [3.05, 3.63) is 0 Å². The van der Waals surface area contributed by atoms with Gasteiger partial charge in [0.05, 0.1) is 0 Å². The molecule has 1 unspecified atom stereocenters. The van der Waals surface area contributed by atoms with Gasteiger partial charge in [-0.3, -0.25) is 4.79 Å². The highest BCUT2D eigenvalue weighted by Crippen LogP contribution is 2.19. The number of carboxylic acid groups (broad SMARTS) is 1. The lowest BCUT2D eigenvalue weighted by molar-refractivity contribution is -0.143. The number of hydrogen-bond acceptors (Lipinski definition) is 3. The average Bonchev–Trinajstić information content (AvgIpc) is 2.72. The van der Waals surface area contributed by atoms with E-state index in [1.165, 1.54) is 0 Å². The number of carbonyl (C=O) groups is 2. The van der Waals surface area contributed by atoms with Crippen molar-refractivity contribution < 1.29 is 14.7 Å². The Labute approximate surface area is 109 Å². The molecule has 0 radical (unpaired) electrons. The van der Waals surface area contributed by atoms with E-state index in [0.29, 0.717) is 6.42 Å². The van der Waals surface area contributed by atoms with Gasteiger partial charge in [-0.25, -0.2) is 4.79 Å². The third-order valence-corrected chi connectivity index (χ3v) is 3.58. The topological polar surface area (TPSA) is 69.6 Å². The van der Waals surface area contributed by atoms with Crippen LogP contribution in [-0.2, 0) is 9.59 Å². The van der Waals surface area contributed by atoms with Gasteiger partial charge in [-0.15, -0.1) is 0 Å². The van der Waals surface area contributed by atoms with Gasteiger partial charge in [0.15, 0.2) is 0 Å². The minimum atomic E-state index is -0.961. The first-order chi connectivity index (χ1) is 8.45. The van der Waals surface area contributed by atoms with Crippen LogP contribution in [0, 0.1) is 5.92 Å². The number of nitrogens with zero attached hydrogens (tertiary/aromatic N) is 1. The van der Waals surface area contributed by atoms with Gasteiger partial charge in [0.25, 0.3) is 0 Å². The summed E-state index contributed by atoms with van der Waals surface area (Å²) in [5.74, 6) is -1.21. The lowest BCUT2D eigenvalue weighted by Gasteiger charge is -2.24. The van der Waals surface area contributed by atoms with Crippen LogP contribution >= 0.6 is 0 Å². The molecule has 5 nitrogen and oxygen atoms in total. The molecule has 1 amide bonds. The summed E-state index contributed by atoms with van der Waals surface area (Å²) in [7, 11) is 0. The summed E-state index contributed by atoms with van der Waals surface area (Å²) in [5, 5.41) is 11.6. The van der Waals surface area contributed by atoms with Gasteiger partial charge in [0.2, 0.25) is 5.91 Å². The van der Waals surface area contributed by atoms with E-state index >= 15 is 0 Å². The van der Waals surface area contributed by atoms with Gasteiger partial charge >= 0.3 is 5.97 Å². The SMILES string of the molecule is CCN1CCC[C@H]1CC(=O)NC(C(=O)O)C(C)C. The number of hydrogen-bond donors (Lipinski definition) is 2. The number of carboxylic acids is 1. The van der Waals surface area contributed by atoms with Crippen LogP contribution in [0.1, 0.15) is 40.0 Å². The number of amides is 1. The van der Waals surface area contributed by atoms with Crippen molar-refractivity contribution in [2.45, 2.75) is 52.1 Å². The average molecular weight is 256 g/mol. The maximum atomic E-state index is 11.9. The summed E-state index contributed by atoms with van der Waals surface area (Å²) >= 11 is 0. The molecular formula is C13H24N2O3. The number of nitrogens with one attached hydrogen (secondary N) is 1. The Kier molecular flexibility index (Phi) is 5.59. The van der Waals surface area contributed by atoms with Crippen molar-refractivity contribution in [3.8, 4) is 0 Å². The molecule has 1 rings (SSSR count). The fourth-order valence-corrected chi connectivity index (χ4v) is 2.50. The molecule has 0 saturated carbocycles. The molecule has 1 saturated heterocycles. The van der Waals surface area contributed by atoms with E-state index in [0.717, 1.165) is 25.9 Å². The molecule has 5 heteroatoms. The molecule has 0 aliphatic carbocycles. The van der Waals surface area contributed by atoms with Crippen molar-refractivity contribution >= 4 is 11.9 Å². The standard InChI is InChI=1S/C13H24N2O3/c1-4-15-7-5-6-10(15)8-11(16)14-12(9(2)3)13(17)18/h9-10,12H,4-8H2,1-3H3,(H,14,16)(H,17,18)/t10-,12?/m0/s1. The smallest absolute Gasteiger partial charge is 0.326 e. The van der Waals surface area contributed by atoms with Crippen molar-refractivity contribution in [2.24, 2.45) is 5.92 Å². The fraction of sp³-hybridized carbons (Fsp3) is 0.846. The summed E-state index contributed by atoms with van der Waals surface area (Å²) < 4.78 is 0. The molecule has 0 bridgehead atoms. The zero-order chi connectivity index (χ0) is 13.7. The van der Waals surface area contributed by atoms with E-state index in [4.69, 9.17) is 5.11 Å². The summed E-state index contributed by atoms with van der Waals surface area (Å²) in [5.41, 5.74) is 0. The first kappa shape index (κ1) is 15.0. The Morgan fingerprint density at radius 3 is 2.61 bits per heavy atom. The Bertz CT molecular complexity index is 305. The molecule has 0 aromatic carbocycles. The van der Waals surface area contributed by atoms with Crippen molar-refractivity contribution in [2.75, 3.05) is 13.1 Å². The normalized spacial score (nSPS) is 22.1. The van der Waals surface area contributed by atoms with Crippen LogP contribution in [-0.4, -0.2) is 47.1 Å². The monoisotopic (exact) mass is 256 g/mol. The maximum Gasteiger partial charge on any atom is 0.326 e.